The highest BCUT2D eigenvalue weighted by Crippen LogP contribution is 2.01. The fraction of sp³-hybridized carbons (Fsp3) is 0.455. The Balaban J connectivity index is 2.40. The van der Waals surface area contributed by atoms with Gasteiger partial charge in [0.15, 0.2) is 0 Å². The van der Waals surface area contributed by atoms with Crippen LogP contribution in [0.25, 0.3) is 0 Å². The number of aliphatic hydroxyl groups is 1. The Morgan fingerprint density at radius 3 is 2.93 bits per heavy atom. The van der Waals surface area contributed by atoms with Crippen molar-refractivity contribution in [2.45, 2.75) is 19.9 Å². The molecule has 0 bridgehead atoms. The second-order valence-corrected chi connectivity index (χ2v) is 3.33. The fourth-order valence-electron chi connectivity index (χ4n) is 1.22. The molecule has 4 heteroatoms. The van der Waals surface area contributed by atoms with E-state index in [1.807, 2.05) is 25.1 Å². The van der Waals surface area contributed by atoms with E-state index in [1.54, 1.807) is 6.20 Å². The van der Waals surface area contributed by atoms with E-state index in [0.717, 1.165) is 5.69 Å². The van der Waals surface area contributed by atoms with Crippen LogP contribution in [0.1, 0.15) is 19.0 Å². The normalized spacial score (nSPS) is 12.1. The van der Waals surface area contributed by atoms with Crippen molar-refractivity contribution in [2.75, 3.05) is 6.61 Å². The Labute approximate surface area is 89.3 Å². The van der Waals surface area contributed by atoms with E-state index in [-0.39, 0.29) is 18.4 Å². The van der Waals surface area contributed by atoms with Gasteiger partial charge in [-0.2, -0.15) is 0 Å². The Hall–Kier alpha value is -1.42. The third-order valence-corrected chi connectivity index (χ3v) is 2.25. The summed E-state index contributed by atoms with van der Waals surface area (Å²) >= 11 is 0. The zero-order valence-corrected chi connectivity index (χ0v) is 8.81. The monoisotopic (exact) mass is 208 g/mol. The highest BCUT2D eigenvalue weighted by Gasteiger charge is 2.14. The van der Waals surface area contributed by atoms with Gasteiger partial charge in [0.1, 0.15) is 0 Å². The van der Waals surface area contributed by atoms with Gasteiger partial charge in [-0.15, -0.1) is 0 Å². The van der Waals surface area contributed by atoms with Crippen molar-refractivity contribution in [1.29, 1.82) is 0 Å². The molecule has 4 nitrogen and oxygen atoms in total. The van der Waals surface area contributed by atoms with Crippen molar-refractivity contribution >= 4 is 5.91 Å². The first-order valence-electron chi connectivity index (χ1n) is 5.06. The molecule has 1 atom stereocenters. The van der Waals surface area contributed by atoms with Crippen LogP contribution in [0.2, 0.25) is 0 Å². The van der Waals surface area contributed by atoms with Crippen molar-refractivity contribution in [3.63, 3.8) is 0 Å². The van der Waals surface area contributed by atoms with Crippen molar-refractivity contribution in [3.8, 4) is 0 Å². The van der Waals surface area contributed by atoms with Crippen LogP contribution in [-0.2, 0) is 11.3 Å². The van der Waals surface area contributed by atoms with E-state index in [4.69, 9.17) is 5.11 Å². The molecule has 1 aromatic rings. The van der Waals surface area contributed by atoms with E-state index >= 15 is 0 Å². The van der Waals surface area contributed by atoms with Gasteiger partial charge in [0, 0.05) is 6.20 Å². The summed E-state index contributed by atoms with van der Waals surface area (Å²) in [5, 5.41) is 11.7. The lowest BCUT2D eigenvalue weighted by atomic mass is 10.1. The SMILES string of the molecule is CCC(CO)C(=O)NCc1ccccn1. The molecule has 2 N–H and O–H groups in total. The lowest BCUT2D eigenvalue weighted by molar-refractivity contribution is -0.126. The maximum Gasteiger partial charge on any atom is 0.225 e. The molecular weight excluding hydrogens is 192 g/mol. The van der Waals surface area contributed by atoms with Crippen LogP contribution in [0.4, 0.5) is 0 Å². The van der Waals surface area contributed by atoms with Crippen molar-refractivity contribution in [3.05, 3.63) is 30.1 Å². The minimum atomic E-state index is -0.311. The minimum Gasteiger partial charge on any atom is -0.396 e. The molecule has 1 rings (SSSR count). The van der Waals surface area contributed by atoms with E-state index in [0.29, 0.717) is 13.0 Å². The summed E-state index contributed by atoms with van der Waals surface area (Å²) in [6.45, 7) is 2.18. The third kappa shape index (κ3) is 3.67. The summed E-state index contributed by atoms with van der Waals surface area (Å²) in [7, 11) is 0. The standard InChI is InChI=1S/C11H16N2O2/c1-2-9(8-14)11(15)13-7-10-5-3-4-6-12-10/h3-6,9,14H,2,7-8H2,1H3,(H,13,15). The predicted molar refractivity (Wildman–Crippen MR) is 57.0 cm³/mol. The molecule has 0 aliphatic carbocycles. The van der Waals surface area contributed by atoms with Crippen LogP contribution in [0, 0.1) is 5.92 Å². The summed E-state index contributed by atoms with van der Waals surface area (Å²) in [6.07, 6.45) is 2.33. The van der Waals surface area contributed by atoms with E-state index in [2.05, 4.69) is 10.3 Å². The third-order valence-electron chi connectivity index (χ3n) is 2.25. The minimum absolute atomic E-state index is 0.107. The fourth-order valence-corrected chi connectivity index (χ4v) is 1.22. The van der Waals surface area contributed by atoms with Gasteiger partial charge in [0.25, 0.3) is 0 Å². The summed E-state index contributed by atoms with van der Waals surface area (Å²) in [5.41, 5.74) is 0.818. The van der Waals surface area contributed by atoms with Gasteiger partial charge in [-0.25, -0.2) is 0 Å². The number of hydrogen-bond acceptors (Lipinski definition) is 3. The Morgan fingerprint density at radius 2 is 2.40 bits per heavy atom. The Kier molecular flexibility index (Phi) is 4.77. The van der Waals surface area contributed by atoms with Gasteiger partial charge in [0.2, 0.25) is 5.91 Å². The number of nitrogens with one attached hydrogen (secondary N) is 1. The average molecular weight is 208 g/mol. The van der Waals surface area contributed by atoms with Crippen LogP contribution >= 0.6 is 0 Å². The zero-order chi connectivity index (χ0) is 11.1. The molecule has 1 unspecified atom stereocenters. The van der Waals surface area contributed by atoms with Crippen LogP contribution < -0.4 is 5.32 Å². The molecule has 1 heterocycles. The van der Waals surface area contributed by atoms with Crippen molar-refractivity contribution in [2.24, 2.45) is 5.92 Å². The first-order valence-corrected chi connectivity index (χ1v) is 5.06. The summed E-state index contributed by atoms with van der Waals surface area (Å²) in [6, 6.07) is 5.55. The summed E-state index contributed by atoms with van der Waals surface area (Å²) in [4.78, 5) is 15.6. The van der Waals surface area contributed by atoms with Crippen molar-refractivity contribution < 1.29 is 9.90 Å². The highest BCUT2D eigenvalue weighted by atomic mass is 16.3. The first-order chi connectivity index (χ1) is 7.27. The second-order valence-electron chi connectivity index (χ2n) is 3.33. The molecule has 0 saturated carbocycles. The molecule has 0 aromatic carbocycles. The lowest BCUT2D eigenvalue weighted by Crippen LogP contribution is -2.32. The number of nitrogens with zero attached hydrogens (tertiary/aromatic N) is 1. The summed E-state index contributed by atoms with van der Waals surface area (Å²) in [5.74, 6) is -0.431. The number of rotatable bonds is 5. The quantitative estimate of drug-likeness (QED) is 0.749. The molecular formula is C11H16N2O2. The number of pyridine rings is 1. The molecule has 0 saturated heterocycles. The van der Waals surface area contributed by atoms with Gasteiger partial charge in [-0.05, 0) is 18.6 Å². The summed E-state index contributed by atoms with van der Waals surface area (Å²) < 4.78 is 0. The maximum absolute atomic E-state index is 11.5. The van der Waals surface area contributed by atoms with Gasteiger partial charge in [-0.3, -0.25) is 9.78 Å². The zero-order valence-electron chi connectivity index (χ0n) is 8.81. The molecule has 82 valence electrons. The van der Waals surface area contributed by atoms with Crippen molar-refractivity contribution in [1.82, 2.24) is 10.3 Å². The van der Waals surface area contributed by atoms with Gasteiger partial charge < -0.3 is 10.4 Å². The van der Waals surface area contributed by atoms with Crippen LogP contribution in [0.15, 0.2) is 24.4 Å². The van der Waals surface area contributed by atoms with E-state index in [1.165, 1.54) is 0 Å². The molecule has 15 heavy (non-hydrogen) atoms. The maximum atomic E-state index is 11.5. The number of carbonyl (C=O) groups excluding carboxylic acids is 1. The molecule has 1 aromatic heterocycles. The number of aromatic nitrogens is 1. The molecule has 1 amide bonds. The number of amides is 1. The Morgan fingerprint density at radius 1 is 1.60 bits per heavy atom. The molecule has 0 spiro atoms. The highest BCUT2D eigenvalue weighted by molar-refractivity contribution is 5.78. The number of carbonyl (C=O) groups is 1. The second kappa shape index (κ2) is 6.14. The predicted octanol–water partition coefficient (Wildman–Crippen LogP) is 0.716. The van der Waals surface area contributed by atoms with Gasteiger partial charge in [0.05, 0.1) is 24.8 Å². The van der Waals surface area contributed by atoms with Crippen LogP contribution in [-0.4, -0.2) is 22.6 Å². The first kappa shape index (κ1) is 11.7. The topological polar surface area (TPSA) is 62.2 Å². The van der Waals surface area contributed by atoms with Gasteiger partial charge >= 0.3 is 0 Å². The van der Waals surface area contributed by atoms with Gasteiger partial charge in [-0.1, -0.05) is 13.0 Å². The van der Waals surface area contributed by atoms with E-state index < -0.39 is 0 Å². The lowest BCUT2D eigenvalue weighted by Gasteiger charge is -2.11. The molecule has 0 fully saturated rings. The Bertz CT molecular complexity index is 297. The number of hydrogen-bond donors (Lipinski definition) is 2. The average Bonchev–Trinajstić information content (AvgIpc) is 2.29. The largest absolute Gasteiger partial charge is 0.396 e. The van der Waals surface area contributed by atoms with E-state index in [9.17, 15) is 4.79 Å². The van der Waals surface area contributed by atoms with Crippen LogP contribution in [0.5, 0.6) is 0 Å². The molecule has 0 radical (unpaired) electrons. The number of aliphatic hydroxyl groups excluding tert-OH is 1. The van der Waals surface area contributed by atoms with Crippen LogP contribution in [0.3, 0.4) is 0 Å². The molecule has 0 aliphatic heterocycles. The smallest absolute Gasteiger partial charge is 0.225 e. The molecule has 0 aliphatic rings.